The molecule has 0 unspecified atom stereocenters. The highest BCUT2D eigenvalue weighted by Crippen LogP contribution is 2.21. The van der Waals surface area contributed by atoms with Crippen molar-refractivity contribution in [3.05, 3.63) is 11.5 Å². The van der Waals surface area contributed by atoms with Gasteiger partial charge in [0.1, 0.15) is 11.8 Å². The summed E-state index contributed by atoms with van der Waals surface area (Å²) in [5.41, 5.74) is 0.142. The SMILES string of the molecule is CCCNC1=C(O)C(=O)O[C@@H]1[C@@H](O)CO. The topological polar surface area (TPSA) is 99.0 Å². The van der Waals surface area contributed by atoms with Crippen LogP contribution in [-0.4, -0.2) is 46.6 Å². The molecule has 0 aromatic carbocycles. The minimum Gasteiger partial charge on any atom is -0.501 e. The number of ether oxygens (including phenoxy) is 1. The smallest absolute Gasteiger partial charge is 0.376 e. The fourth-order valence-electron chi connectivity index (χ4n) is 1.29. The lowest BCUT2D eigenvalue weighted by Gasteiger charge is -2.18. The van der Waals surface area contributed by atoms with E-state index in [-0.39, 0.29) is 5.70 Å². The van der Waals surface area contributed by atoms with Crippen LogP contribution >= 0.6 is 0 Å². The van der Waals surface area contributed by atoms with Crippen LogP contribution in [0.3, 0.4) is 0 Å². The molecule has 86 valence electrons. The van der Waals surface area contributed by atoms with Crippen LogP contribution in [0.2, 0.25) is 0 Å². The van der Waals surface area contributed by atoms with E-state index in [4.69, 9.17) is 9.84 Å². The minimum atomic E-state index is -1.22. The molecular weight excluding hydrogens is 202 g/mol. The molecule has 0 aliphatic carbocycles. The third-order valence-electron chi connectivity index (χ3n) is 2.07. The molecule has 0 fully saturated rings. The number of carbonyl (C=O) groups is 1. The molecule has 15 heavy (non-hydrogen) atoms. The summed E-state index contributed by atoms with van der Waals surface area (Å²) < 4.78 is 4.70. The van der Waals surface area contributed by atoms with Gasteiger partial charge in [-0.1, -0.05) is 6.92 Å². The van der Waals surface area contributed by atoms with Gasteiger partial charge >= 0.3 is 5.97 Å². The molecule has 6 heteroatoms. The Morgan fingerprint density at radius 1 is 1.60 bits per heavy atom. The van der Waals surface area contributed by atoms with E-state index >= 15 is 0 Å². The van der Waals surface area contributed by atoms with Crippen molar-refractivity contribution in [2.24, 2.45) is 0 Å². The van der Waals surface area contributed by atoms with Gasteiger partial charge in [-0.15, -0.1) is 0 Å². The summed E-state index contributed by atoms with van der Waals surface area (Å²) in [4.78, 5) is 11.0. The van der Waals surface area contributed by atoms with Crippen LogP contribution in [0.25, 0.3) is 0 Å². The van der Waals surface area contributed by atoms with Gasteiger partial charge < -0.3 is 25.4 Å². The molecule has 1 aliphatic heterocycles. The van der Waals surface area contributed by atoms with Crippen molar-refractivity contribution >= 4 is 5.97 Å². The number of aliphatic hydroxyl groups excluding tert-OH is 3. The van der Waals surface area contributed by atoms with Crippen LogP contribution in [0.5, 0.6) is 0 Å². The van der Waals surface area contributed by atoms with Gasteiger partial charge in [-0.2, -0.15) is 0 Å². The zero-order valence-corrected chi connectivity index (χ0v) is 8.43. The molecule has 1 heterocycles. The van der Waals surface area contributed by atoms with E-state index in [0.717, 1.165) is 6.42 Å². The molecule has 1 rings (SSSR count). The highest BCUT2D eigenvalue weighted by atomic mass is 16.6. The molecule has 4 N–H and O–H groups in total. The Bertz CT molecular complexity index is 276. The first kappa shape index (κ1) is 11.8. The van der Waals surface area contributed by atoms with E-state index in [2.05, 4.69) is 5.32 Å². The Morgan fingerprint density at radius 2 is 2.27 bits per heavy atom. The molecule has 0 amide bonds. The van der Waals surface area contributed by atoms with Crippen LogP contribution < -0.4 is 5.32 Å². The summed E-state index contributed by atoms with van der Waals surface area (Å²) in [6.07, 6.45) is -1.43. The fraction of sp³-hybridized carbons (Fsp3) is 0.667. The van der Waals surface area contributed by atoms with Gasteiger partial charge in [0.2, 0.25) is 5.76 Å². The van der Waals surface area contributed by atoms with E-state index < -0.39 is 30.5 Å². The Hall–Kier alpha value is -1.27. The molecule has 0 radical (unpaired) electrons. The van der Waals surface area contributed by atoms with Gasteiger partial charge in [-0.3, -0.25) is 0 Å². The lowest BCUT2D eigenvalue weighted by Crippen LogP contribution is -2.36. The fourth-order valence-corrected chi connectivity index (χ4v) is 1.29. The van der Waals surface area contributed by atoms with Crippen molar-refractivity contribution in [2.45, 2.75) is 25.6 Å². The van der Waals surface area contributed by atoms with E-state index in [9.17, 15) is 15.0 Å². The number of hydrogen-bond acceptors (Lipinski definition) is 6. The van der Waals surface area contributed by atoms with E-state index in [1.54, 1.807) is 0 Å². The number of nitrogens with one attached hydrogen (secondary N) is 1. The average molecular weight is 217 g/mol. The molecule has 0 spiro atoms. The van der Waals surface area contributed by atoms with Crippen molar-refractivity contribution in [3.63, 3.8) is 0 Å². The monoisotopic (exact) mass is 217 g/mol. The predicted molar refractivity (Wildman–Crippen MR) is 50.9 cm³/mol. The summed E-state index contributed by atoms with van der Waals surface area (Å²) in [5, 5.41) is 30.2. The maximum Gasteiger partial charge on any atom is 0.376 e. The largest absolute Gasteiger partial charge is 0.501 e. The first-order valence-electron chi connectivity index (χ1n) is 4.78. The van der Waals surface area contributed by atoms with Crippen LogP contribution in [-0.2, 0) is 9.53 Å². The number of esters is 1. The lowest BCUT2D eigenvalue weighted by atomic mass is 10.1. The predicted octanol–water partition coefficient (Wildman–Crippen LogP) is -0.966. The van der Waals surface area contributed by atoms with Crippen LogP contribution in [0, 0.1) is 0 Å². The van der Waals surface area contributed by atoms with E-state index in [1.807, 2.05) is 6.92 Å². The molecular formula is C9H15NO5. The molecule has 6 nitrogen and oxygen atoms in total. The summed E-state index contributed by atoms with van der Waals surface area (Å²) >= 11 is 0. The maximum absolute atomic E-state index is 11.0. The highest BCUT2D eigenvalue weighted by molar-refractivity contribution is 5.89. The molecule has 0 aromatic rings. The quantitative estimate of drug-likeness (QED) is 0.442. The van der Waals surface area contributed by atoms with Gasteiger partial charge in [0.25, 0.3) is 0 Å². The lowest BCUT2D eigenvalue weighted by molar-refractivity contribution is -0.147. The zero-order valence-electron chi connectivity index (χ0n) is 8.43. The number of carbonyl (C=O) groups excluding carboxylic acids is 1. The van der Waals surface area contributed by atoms with Crippen molar-refractivity contribution in [2.75, 3.05) is 13.2 Å². The minimum absolute atomic E-state index is 0.142. The van der Waals surface area contributed by atoms with Crippen LogP contribution in [0.1, 0.15) is 13.3 Å². The highest BCUT2D eigenvalue weighted by Gasteiger charge is 2.38. The van der Waals surface area contributed by atoms with Crippen molar-refractivity contribution in [3.8, 4) is 0 Å². The van der Waals surface area contributed by atoms with Crippen molar-refractivity contribution in [1.82, 2.24) is 5.32 Å². The Morgan fingerprint density at radius 3 is 2.80 bits per heavy atom. The standard InChI is InChI=1S/C9H15NO5/c1-2-3-10-6-7(13)9(14)15-8(6)5(12)4-11/h5,8,10-13H,2-4H2,1H3/t5-,8+/m0/s1. The second-order valence-electron chi connectivity index (χ2n) is 3.26. The number of rotatable bonds is 5. The van der Waals surface area contributed by atoms with Crippen LogP contribution in [0.15, 0.2) is 11.5 Å². The normalized spacial score (nSPS) is 22.9. The summed E-state index contributed by atoms with van der Waals surface area (Å²) in [6.45, 7) is 1.92. The van der Waals surface area contributed by atoms with Gasteiger partial charge in [0.15, 0.2) is 6.10 Å². The van der Waals surface area contributed by atoms with Gasteiger partial charge in [0.05, 0.1) is 6.61 Å². The Balaban J connectivity index is 2.77. The number of hydrogen-bond donors (Lipinski definition) is 4. The van der Waals surface area contributed by atoms with Gasteiger partial charge in [0, 0.05) is 6.54 Å². The zero-order chi connectivity index (χ0) is 11.4. The first-order valence-corrected chi connectivity index (χ1v) is 4.78. The molecule has 0 saturated heterocycles. The Kier molecular flexibility index (Phi) is 3.93. The van der Waals surface area contributed by atoms with Crippen LogP contribution in [0.4, 0.5) is 0 Å². The average Bonchev–Trinajstić information content (AvgIpc) is 2.52. The molecule has 0 bridgehead atoms. The molecule has 2 atom stereocenters. The van der Waals surface area contributed by atoms with E-state index in [1.165, 1.54) is 0 Å². The van der Waals surface area contributed by atoms with Crippen molar-refractivity contribution in [1.29, 1.82) is 0 Å². The molecule has 0 aromatic heterocycles. The maximum atomic E-state index is 11.0. The second-order valence-corrected chi connectivity index (χ2v) is 3.26. The third-order valence-corrected chi connectivity index (χ3v) is 2.07. The first-order chi connectivity index (χ1) is 7.11. The summed E-state index contributed by atoms with van der Waals surface area (Å²) in [5.74, 6) is -1.41. The molecule has 0 saturated carbocycles. The van der Waals surface area contributed by atoms with Gasteiger partial charge in [-0.25, -0.2) is 4.79 Å². The Labute approximate surface area is 87.2 Å². The summed E-state index contributed by atoms with van der Waals surface area (Å²) in [6, 6.07) is 0. The summed E-state index contributed by atoms with van der Waals surface area (Å²) in [7, 11) is 0. The third kappa shape index (κ3) is 2.40. The molecule has 1 aliphatic rings. The number of cyclic esters (lactones) is 1. The van der Waals surface area contributed by atoms with Crippen molar-refractivity contribution < 1.29 is 24.9 Å². The second kappa shape index (κ2) is 4.99. The van der Waals surface area contributed by atoms with Gasteiger partial charge in [-0.05, 0) is 6.42 Å². The van der Waals surface area contributed by atoms with E-state index in [0.29, 0.717) is 6.54 Å². The number of aliphatic hydroxyl groups is 3.